The monoisotopic (exact) mass is 238 g/mol. The molecule has 0 aliphatic carbocycles. The number of hydrogen-bond acceptors (Lipinski definition) is 3. The van der Waals surface area contributed by atoms with Crippen LogP contribution in [0, 0.1) is 5.82 Å². The zero-order valence-electron chi connectivity index (χ0n) is 8.23. The number of hydrogen-bond donors (Lipinski definition) is 0. The van der Waals surface area contributed by atoms with E-state index in [4.69, 9.17) is 16.3 Å². The third kappa shape index (κ3) is 2.90. The minimum absolute atomic E-state index is 0.230. The maximum atomic E-state index is 12.8. The molecule has 0 N–H and O–H groups in total. The minimum Gasteiger partial charge on any atom is -0.487 e. The average Bonchev–Trinajstić information content (AvgIpc) is 2.28. The highest BCUT2D eigenvalue weighted by atomic mass is 35.5. The highest BCUT2D eigenvalue weighted by Crippen LogP contribution is 2.13. The maximum absolute atomic E-state index is 12.8. The molecule has 2 aromatic rings. The Morgan fingerprint density at radius 2 is 2.12 bits per heavy atom. The first-order valence-electron chi connectivity index (χ1n) is 4.59. The van der Waals surface area contributed by atoms with Crippen LogP contribution >= 0.6 is 11.6 Å². The van der Waals surface area contributed by atoms with Crippen LogP contribution < -0.4 is 4.74 Å². The molecule has 0 spiro atoms. The van der Waals surface area contributed by atoms with Gasteiger partial charge in [-0.25, -0.2) is 9.37 Å². The van der Waals surface area contributed by atoms with Gasteiger partial charge in [-0.05, 0) is 12.1 Å². The molecule has 0 aliphatic heterocycles. The summed E-state index contributed by atoms with van der Waals surface area (Å²) in [5.41, 5.74) is 0.633. The molecule has 1 heterocycles. The Morgan fingerprint density at radius 3 is 2.81 bits per heavy atom. The van der Waals surface area contributed by atoms with Gasteiger partial charge in [-0.2, -0.15) is 0 Å². The van der Waals surface area contributed by atoms with Gasteiger partial charge in [0, 0.05) is 6.07 Å². The molecule has 3 nitrogen and oxygen atoms in total. The lowest BCUT2D eigenvalue weighted by molar-refractivity contribution is 0.299. The minimum atomic E-state index is -0.334. The van der Waals surface area contributed by atoms with Crippen LogP contribution in [0.1, 0.15) is 5.69 Å². The lowest BCUT2D eigenvalue weighted by atomic mass is 10.3. The van der Waals surface area contributed by atoms with Gasteiger partial charge in [-0.15, -0.1) is 0 Å². The topological polar surface area (TPSA) is 35.0 Å². The summed E-state index contributed by atoms with van der Waals surface area (Å²) in [5.74, 6) is 0.122. The Hall–Kier alpha value is -1.68. The van der Waals surface area contributed by atoms with E-state index in [-0.39, 0.29) is 12.4 Å². The molecule has 0 bridgehead atoms. The van der Waals surface area contributed by atoms with Crippen LogP contribution in [0.25, 0.3) is 0 Å². The summed E-state index contributed by atoms with van der Waals surface area (Å²) in [6.45, 7) is 0.230. The molecule has 0 aliphatic rings. The zero-order chi connectivity index (χ0) is 11.4. The van der Waals surface area contributed by atoms with Crippen molar-refractivity contribution in [1.29, 1.82) is 0 Å². The number of benzene rings is 1. The van der Waals surface area contributed by atoms with Crippen molar-refractivity contribution < 1.29 is 9.13 Å². The van der Waals surface area contributed by atoms with Gasteiger partial charge in [0.15, 0.2) is 0 Å². The van der Waals surface area contributed by atoms with E-state index in [0.29, 0.717) is 16.6 Å². The van der Waals surface area contributed by atoms with Crippen molar-refractivity contribution >= 4 is 11.6 Å². The molecule has 0 fully saturated rings. The quantitative estimate of drug-likeness (QED) is 0.825. The SMILES string of the molecule is Fc1cccc(OCc2cnc(Cl)cn2)c1. The molecule has 82 valence electrons. The third-order valence-corrected chi connectivity index (χ3v) is 2.05. The van der Waals surface area contributed by atoms with E-state index in [0.717, 1.165) is 0 Å². The number of halogens is 2. The molecular weight excluding hydrogens is 231 g/mol. The normalized spacial score (nSPS) is 10.1. The molecule has 0 atom stereocenters. The fourth-order valence-electron chi connectivity index (χ4n) is 1.13. The van der Waals surface area contributed by atoms with Gasteiger partial charge >= 0.3 is 0 Å². The van der Waals surface area contributed by atoms with E-state index in [2.05, 4.69) is 9.97 Å². The molecule has 1 aromatic carbocycles. The van der Waals surface area contributed by atoms with Crippen molar-refractivity contribution in [3.63, 3.8) is 0 Å². The van der Waals surface area contributed by atoms with Crippen LogP contribution in [0.5, 0.6) is 5.75 Å². The summed E-state index contributed by atoms with van der Waals surface area (Å²) in [6, 6.07) is 5.92. The van der Waals surface area contributed by atoms with Gasteiger partial charge in [0.05, 0.1) is 18.1 Å². The van der Waals surface area contributed by atoms with Crippen LogP contribution in [0.4, 0.5) is 4.39 Å². The van der Waals surface area contributed by atoms with Gasteiger partial charge in [0.1, 0.15) is 23.3 Å². The molecule has 0 saturated carbocycles. The first-order valence-corrected chi connectivity index (χ1v) is 4.96. The Morgan fingerprint density at radius 1 is 1.25 bits per heavy atom. The van der Waals surface area contributed by atoms with Crippen LogP contribution in [0.2, 0.25) is 5.15 Å². The maximum Gasteiger partial charge on any atom is 0.147 e. The van der Waals surface area contributed by atoms with E-state index in [1.807, 2.05) is 0 Å². The summed E-state index contributed by atoms with van der Waals surface area (Å²) in [4.78, 5) is 7.86. The second kappa shape index (κ2) is 4.90. The second-order valence-electron chi connectivity index (χ2n) is 3.08. The van der Waals surface area contributed by atoms with E-state index in [9.17, 15) is 4.39 Å². The van der Waals surface area contributed by atoms with Gasteiger partial charge < -0.3 is 4.74 Å². The van der Waals surface area contributed by atoms with E-state index in [1.54, 1.807) is 12.1 Å². The van der Waals surface area contributed by atoms with Crippen molar-refractivity contribution in [1.82, 2.24) is 9.97 Å². The summed E-state index contributed by atoms with van der Waals surface area (Å²) in [6.07, 6.45) is 2.95. The lowest BCUT2D eigenvalue weighted by Crippen LogP contribution is -1.98. The smallest absolute Gasteiger partial charge is 0.147 e. The highest BCUT2D eigenvalue weighted by Gasteiger charge is 1.99. The predicted octanol–water partition coefficient (Wildman–Crippen LogP) is 2.85. The van der Waals surface area contributed by atoms with Gasteiger partial charge in [0.2, 0.25) is 0 Å². The molecule has 0 saturated heterocycles. The Kier molecular flexibility index (Phi) is 3.31. The highest BCUT2D eigenvalue weighted by molar-refractivity contribution is 6.29. The summed E-state index contributed by atoms with van der Waals surface area (Å²) in [7, 11) is 0. The molecular formula is C11H8ClFN2O. The molecule has 0 radical (unpaired) electrons. The van der Waals surface area contributed by atoms with Gasteiger partial charge in [0.25, 0.3) is 0 Å². The first-order chi connectivity index (χ1) is 7.74. The van der Waals surface area contributed by atoms with Crippen molar-refractivity contribution in [2.24, 2.45) is 0 Å². The number of nitrogens with zero attached hydrogens (tertiary/aromatic N) is 2. The van der Waals surface area contributed by atoms with Gasteiger partial charge in [-0.1, -0.05) is 17.7 Å². The number of aromatic nitrogens is 2. The largest absolute Gasteiger partial charge is 0.487 e. The summed E-state index contributed by atoms with van der Waals surface area (Å²) >= 11 is 5.59. The Bertz CT molecular complexity index is 476. The molecule has 0 amide bonds. The van der Waals surface area contributed by atoms with Crippen LogP contribution in [-0.4, -0.2) is 9.97 Å². The van der Waals surface area contributed by atoms with E-state index >= 15 is 0 Å². The van der Waals surface area contributed by atoms with E-state index in [1.165, 1.54) is 24.5 Å². The fraction of sp³-hybridized carbons (Fsp3) is 0.0909. The Labute approximate surface area is 96.9 Å². The standard InChI is InChI=1S/C11H8ClFN2O/c12-11-6-14-9(5-15-11)7-16-10-3-1-2-8(13)4-10/h1-6H,7H2. The Balaban J connectivity index is 1.99. The molecule has 1 aromatic heterocycles. The first kappa shape index (κ1) is 10.8. The van der Waals surface area contributed by atoms with Crippen LogP contribution in [-0.2, 0) is 6.61 Å². The zero-order valence-corrected chi connectivity index (χ0v) is 8.99. The predicted molar refractivity (Wildman–Crippen MR) is 57.8 cm³/mol. The summed E-state index contributed by atoms with van der Waals surface area (Å²) in [5, 5.41) is 0.328. The second-order valence-corrected chi connectivity index (χ2v) is 3.46. The molecule has 16 heavy (non-hydrogen) atoms. The van der Waals surface area contributed by atoms with Crippen molar-refractivity contribution in [2.45, 2.75) is 6.61 Å². The third-order valence-electron chi connectivity index (χ3n) is 1.86. The van der Waals surface area contributed by atoms with Crippen molar-refractivity contribution in [2.75, 3.05) is 0 Å². The average molecular weight is 239 g/mol. The van der Waals surface area contributed by atoms with Gasteiger partial charge in [-0.3, -0.25) is 4.98 Å². The van der Waals surface area contributed by atoms with Crippen LogP contribution in [0.3, 0.4) is 0 Å². The fourth-order valence-corrected chi connectivity index (χ4v) is 1.23. The number of ether oxygens (including phenoxy) is 1. The lowest BCUT2D eigenvalue weighted by Gasteiger charge is -2.04. The van der Waals surface area contributed by atoms with E-state index < -0.39 is 0 Å². The molecule has 5 heteroatoms. The van der Waals surface area contributed by atoms with Crippen molar-refractivity contribution in [3.05, 3.63) is 53.3 Å². The molecule has 0 unspecified atom stereocenters. The summed E-state index contributed by atoms with van der Waals surface area (Å²) < 4.78 is 18.1. The van der Waals surface area contributed by atoms with Crippen LogP contribution in [0.15, 0.2) is 36.7 Å². The molecule has 2 rings (SSSR count). The number of rotatable bonds is 3. The van der Waals surface area contributed by atoms with Crippen molar-refractivity contribution in [3.8, 4) is 5.75 Å².